The second-order valence-electron chi connectivity index (χ2n) is 5.42. The molecule has 1 aromatic heterocycles. The van der Waals surface area contributed by atoms with Gasteiger partial charge in [0.1, 0.15) is 10.7 Å². The van der Waals surface area contributed by atoms with Gasteiger partial charge >= 0.3 is 0 Å². The van der Waals surface area contributed by atoms with Crippen LogP contribution in [0.5, 0.6) is 0 Å². The van der Waals surface area contributed by atoms with Crippen molar-refractivity contribution in [1.82, 2.24) is 4.98 Å². The lowest BCUT2D eigenvalue weighted by Crippen LogP contribution is -2.13. The molecule has 2 aromatic rings. The molecular formula is C16H19N3O2S2. The molecule has 0 aliphatic carbocycles. The largest absolute Gasteiger partial charge is 0.369 e. The molecule has 0 saturated heterocycles. The maximum Gasteiger partial charge on any atom is 0.227 e. The van der Waals surface area contributed by atoms with Gasteiger partial charge in [0.15, 0.2) is 4.34 Å². The van der Waals surface area contributed by atoms with E-state index >= 15 is 0 Å². The lowest BCUT2D eigenvalue weighted by atomic mass is 10.1. The number of nitrogens with one attached hydrogen (secondary N) is 1. The van der Waals surface area contributed by atoms with Gasteiger partial charge in [0.05, 0.1) is 5.75 Å². The molecule has 0 fully saturated rings. The van der Waals surface area contributed by atoms with Gasteiger partial charge in [0.2, 0.25) is 11.8 Å². The van der Waals surface area contributed by atoms with E-state index < -0.39 is 5.91 Å². The fourth-order valence-electron chi connectivity index (χ4n) is 1.92. The molecule has 0 spiro atoms. The number of carbonyl (C=O) groups excluding carboxylic acids is 2. The highest BCUT2D eigenvalue weighted by Gasteiger charge is 2.16. The van der Waals surface area contributed by atoms with E-state index in [2.05, 4.69) is 10.3 Å². The summed E-state index contributed by atoms with van der Waals surface area (Å²) in [6, 6.07) is 9.65. The summed E-state index contributed by atoms with van der Waals surface area (Å²) in [6.45, 7) is 4.00. The molecule has 0 atom stereocenters. The molecule has 7 heteroatoms. The van der Waals surface area contributed by atoms with Crippen molar-refractivity contribution in [3.63, 3.8) is 0 Å². The van der Waals surface area contributed by atoms with Crippen molar-refractivity contribution in [2.24, 2.45) is 11.7 Å². The van der Waals surface area contributed by atoms with Crippen LogP contribution >= 0.6 is 23.1 Å². The Bertz CT molecular complexity index is 684. The molecule has 23 heavy (non-hydrogen) atoms. The summed E-state index contributed by atoms with van der Waals surface area (Å²) in [4.78, 5) is 27.6. The highest BCUT2D eigenvalue weighted by Crippen LogP contribution is 2.37. The Morgan fingerprint density at radius 2 is 2.00 bits per heavy atom. The number of thioether (sulfide) groups is 1. The van der Waals surface area contributed by atoms with Gasteiger partial charge in [0.25, 0.3) is 0 Å². The van der Waals surface area contributed by atoms with Crippen LogP contribution in [0, 0.1) is 5.92 Å². The van der Waals surface area contributed by atoms with Crippen LogP contribution in [0.25, 0.3) is 11.3 Å². The van der Waals surface area contributed by atoms with E-state index in [-0.39, 0.29) is 17.6 Å². The highest BCUT2D eigenvalue weighted by atomic mass is 32.2. The minimum Gasteiger partial charge on any atom is -0.369 e. The van der Waals surface area contributed by atoms with Gasteiger partial charge in [-0.15, -0.1) is 0 Å². The number of benzene rings is 1. The highest BCUT2D eigenvalue weighted by molar-refractivity contribution is 8.01. The molecule has 3 N–H and O–H groups in total. The monoisotopic (exact) mass is 349 g/mol. The Balaban J connectivity index is 2.26. The molecular weight excluding hydrogens is 330 g/mol. The van der Waals surface area contributed by atoms with Crippen LogP contribution in [0.15, 0.2) is 34.7 Å². The second kappa shape index (κ2) is 8.12. The van der Waals surface area contributed by atoms with Crippen LogP contribution in [0.4, 0.5) is 5.00 Å². The minimum absolute atomic E-state index is 0.0349. The van der Waals surface area contributed by atoms with E-state index in [1.54, 1.807) is 0 Å². The zero-order valence-corrected chi connectivity index (χ0v) is 14.7. The van der Waals surface area contributed by atoms with Crippen molar-refractivity contribution in [3.05, 3.63) is 30.3 Å². The van der Waals surface area contributed by atoms with Crippen molar-refractivity contribution in [3.8, 4) is 11.3 Å². The number of hydrogen-bond donors (Lipinski definition) is 2. The average Bonchev–Trinajstić information content (AvgIpc) is 2.88. The smallest absolute Gasteiger partial charge is 0.227 e. The predicted octanol–water partition coefficient (Wildman–Crippen LogP) is 3.37. The number of primary amides is 1. The summed E-state index contributed by atoms with van der Waals surface area (Å²) < 4.78 is 0.711. The maximum atomic E-state index is 12.1. The quantitative estimate of drug-likeness (QED) is 0.751. The Kier molecular flexibility index (Phi) is 6.18. The molecule has 0 radical (unpaired) electrons. The summed E-state index contributed by atoms with van der Waals surface area (Å²) in [5, 5.41) is 3.64. The van der Waals surface area contributed by atoms with Crippen molar-refractivity contribution in [1.29, 1.82) is 0 Å². The molecule has 0 unspecified atom stereocenters. The molecule has 1 aromatic carbocycles. The summed E-state index contributed by atoms with van der Waals surface area (Å²) in [6.07, 6.45) is 0.454. The number of nitrogens with zero attached hydrogens (tertiary/aromatic N) is 1. The zero-order chi connectivity index (χ0) is 16.8. The van der Waals surface area contributed by atoms with Crippen LogP contribution < -0.4 is 11.1 Å². The number of nitrogens with two attached hydrogens (primary N) is 1. The lowest BCUT2D eigenvalue weighted by Gasteiger charge is -2.06. The van der Waals surface area contributed by atoms with Gasteiger partial charge in [-0.25, -0.2) is 4.98 Å². The van der Waals surface area contributed by atoms with E-state index in [0.29, 0.717) is 15.8 Å². The van der Waals surface area contributed by atoms with Crippen molar-refractivity contribution >= 4 is 39.9 Å². The molecule has 0 aliphatic heterocycles. The van der Waals surface area contributed by atoms with Crippen LogP contribution in [-0.4, -0.2) is 22.6 Å². The predicted molar refractivity (Wildman–Crippen MR) is 95.6 cm³/mol. The first-order valence-electron chi connectivity index (χ1n) is 7.23. The van der Waals surface area contributed by atoms with Gasteiger partial charge in [-0.2, -0.15) is 0 Å². The molecule has 0 saturated carbocycles. The third-order valence-electron chi connectivity index (χ3n) is 2.84. The van der Waals surface area contributed by atoms with Gasteiger partial charge in [0, 0.05) is 12.0 Å². The Morgan fingerprint density at radius 1 is 1.30 bits per heavy atom. The van der Waals surface area contributed by atoms with Crippen LogP contribution in [-0.2, 0) is 9.59 Å². The van der Waals surface area contributed by atoms with Crippen LogP contribution in [0.1, 0.15) is 20.3 Å². The minimum atomic E-state index is -0.392. The van der Waals surface area contributed by atoms with Gasteiger partial charge in [-0.3, -0.25) is 9.59 Å². The van der Waals surface area contributed by atoms with Crippen molar-refractivity contribution < 1.29 is 9.59 Å². The number of amides is 2. The third-order valence-corrected chi connectivity index (χ3v) is 4.98. The van der Waals surface area contributed by atoms with Crippen molar-refractivity contribution in [2.45, 2.75) is 24.6 Å². The average molecular weight is 349 g/mol. The summed E-state index contributed by atoms with van der Waals surface area (Å²) >= 11 is 2.64. The second-order valence-corrected chi connectivity index (χ2v) is 7.65. The molecule has 122 valence electrons. The normalized spacial score (nSPS) is 10.7. The Morgan fingerprint density at radius 3 is 2.61 bits per heavy atom. The maximum absolute atomic E-state index is 12.1. The van der Waals surface area contributed by atoms with Gasteiger partial charge in [-0.05, 0) is 5.92 Å². The molecule has 2 rings (SSSR count). The van der Waals surface area contributed by atoms with E-state index in [1.165, 1.54) is 23.1 Å². The molecule has 5 nitrogen and oxygen atoms in total. The number of hydrogen-bond acceptors (Lipinski definition) is 5. The third kappa shape index (κ3) is 5.37. The van der Waals surface area contributed by atoms with E-state index in [0.717, 1.165) is 11.3 Å². The number of aromatic nitrogens is 1. The van der Waals surface area contributed by atoms with Crippen molar-refractivity contribution in [2.75, 3.05) is 11.1 Å². The topological polar surface area (TPSA) is 85.1 Å². The fraction of sp³-hybridized carbons (Fsp3) is 0.312. The Hall–Kier alpha value is -1.86. The first-order chi connectivity index (χ1) is 11.0. The number of rotatable bonds is 7. The van der Waals surface area contributed by atoms with Crippen LogP contribution in [0.2, 0.25) is 0 Å². The molecule has 1 heterocycles. The standard InChI is InChI=1S/C16H19N3O2S2/c1-10(2)8-13(21)18-15-14(11-6-4-3-5-7-11)19-16(23-15)22-9-12(17)20/h3-7,10H,8-9H2,1-2H3,(H2,17,20)(H,18,21). The zero-order valence-electron chi connectivity index (χ0n) is 13.0. The number of anilines is 1. The van der Waals surface area contributed by atoms with Gasteiger partial charge in [-0.1, -0.05) is 67.3 Å². The summed E-state index contributed by atoms with van der Waals surface area (Å²) in [7, 11) is 0. The molecule has 0 aliphatic rings. The van der Waals surface area contributed by atoms with Gasteiger partial charge < -0.3 is 11.1 Å². The van der Waals surface area contributed by atoms with E-state index in [4.69, 9.17) is 5.73 Å². The van der Waals surface area contributed by atoms with E-state index in [9.17, 15) is 9.59 Å². The SMILES string of the molecule is CC(C)CC(=O)Nc1sc(SCC(N)=O)nc1-c1ccccc1. The summed E-state index contributed by atoms with van der Waals surface area (Å²) in [5.74, 6) is 0.0251. The van der Waals surface area contributed by atoms with E-state index in [1.807, 2.05) is 44.2 Å². The number of carbonyl (C=O) groups is 2. The lowest BCUT2D eigenvalue weighted by molar-refractivity contribution is -0.117. The number of thiazole rings is 1. The molecule has 0 bridgehead atoms. The summed E-state index contributed by atoms with van der Waals surface area (Å²) in [5.41, 5.74) is 6.83. The Labute approximate surface area is 143 Å². The first-order valence-corrected chi connectivity index (χ1v) is 9.03. The fourth-order valence-corrected chi connectivity index (χ4v) is 3.74. The molecule has 2 amide bonds. The van der Waals surface area contributed by atoms with Crippen LogP contribution in [0.3, 0.4) is 0 Å². The first kappa shape index (κ1) is 17.5.